The second kappa shape index (κ2) is 8.39. The topological polar surface area (TPSA) is 61.9 Å². The molecule has 0 radical (unpaired) electrons. The zero-order valence-corrected chi connectivity index (χ0v) is 16.8. The minimum Gasteiger partial charge on any atom is -0.492 e. The Morgan fingerprint density at radius 2 is 1.81 bits per heavy atom. The number of rotatable bonds is 6. The Hall–Kier alpha value is -1.60. The van der Waals surface area contributed by atoms with Crippen LogP contribution in [0.2, 0.25) is 0 Å². The standard InChI is InChI=1S/C19H26BrN3O3/c1-22(12-13-26-16-8-6-15(20)7-9-16)14-23-17(24)19(21-18(23)25)10-4-2-3-5-11-19/h6-9H,2-5,10-14H2,1H3,(H,21,25). The van der Waals surface area contributed by atoms with Crippen LogP contribution in [0.25, 0.3) is 0 Å². The average molecular weight is 424 g/mol. The van der Waals surface area contributed by atoms with Gasteiger partial charge in [0.2, 0.25) is 0 Å². The van der Waals surface area contributed by atoms with Gasteiger partial charge in [0.05, 0.1) is 6.67 Å². The summed E-state index contributed by atoms with van der Waals surface area (Å²) in [7, 11) is 1.89. The first-order valence-electron chi connectivity index (χ1n) is 9.21. The van der Waals surface area contributed by atoms with E-state index in [1.54, 1.807) is 0 Å². The molecule has 2 aliphatic rings. The van der Waals surface area contributed by atoms with Crippen LogP contribution in [-0.2, 0) is 4.79 Å². The number of carbonyl (C=O) groups is 2. The van der Waals surface area contributed by atoms with Gasteiger partial charge in [0, 0.05) is 11.0 Å². The fourth-order valence-corrected chi connectivity index (χ4v) is 3.90. The Bertz CT molecular complexity index is 642. The van der Waals surface area contributed by atoms with Crippen molar-refractivity contribution in [1.29, 1.82) is 0 Å². The minimum absolute atomic E-state index is 0.0647. The Balaban J connectivity index is 1.50. The number of halogens is 1. The van der Waals surface area contributed by atoms with Gasteiger partial charge in [-0.15, -0.1) is 0 Å². The lowest BCUT2D eigenvalue weighted by molar-refractivity contribution is -0.133. The number of hydrogen-bond donors (Lipinski definition) is 1. The highest BCUT2D eigenvalue weighted by molar-refractivity contribution is 9.10. The van der Waals surface area contributed by atoms with E-state index in [1.165, 1.54) is 4.90 Å². The number of carbonyl (C=O) groups excluding carboxylic acids is 2. The molecule has 1 aliphatic carbocycles. The van der Waals surface area contributed by atoms with Gasteiger partial charge < -0.3 is 10.1 Å². The number of nitrogens with one attached hydrogen (secondary N) is 1. The van der Waals surface area contributed by atoms with Crippen molar-refractivity contribution in [3.05, 3.63) is 28.7 Å². The summed E-state index contributed by atoms with van der Waals surface area (Å²) >= 11 is 3.39. The van der Waals surface area contributed by atoms with Crippen molar-refractivity contribution >= 4 is 27.9 Å². The molecule has 3 rings (SSSR count). The summed E-state index contributed by atoms with van der Waals surface area (Å²) in [6.45, 7) is 1.41. The van der Waals surface area contributed by atoms with Gasteiger partial charge in [-0.25, -0.2) is 9.69 Å². The van der Waals surface area contributed by atoms with E-state index in [0.717, 1.165) is 48.7 Å². The van der Waals surface area contributed by atoms with Crippen LogP contribution in [0.3, 0.4) is 0 Å². The number of likely N-dealkylation sites (N-methyl/N-ethyl adjacent to an activating group) is 1. The van der Waals surface area contributed by atoms with E-state index in [4.69, 9.17) is 4.74 Å². The smallest absolute Gasteiger partial charge is 0.326 e. The zero-order valence-electron chi connectivity index (χ0n) is 15.2. The van der Waals surface area contributed by atoms with E-state index in [1.807, 2.05) is 36.2 Å². The first-order chi connectivity index (χ1) is 12.5. The number of nitrogens with zero attached hydrogens (tertiary/aromatic N) is 2. The number of ether oxygens (including phenoxy) is 1. The Labute approximate surface area is 163 Å². The lowest BCUT2D eigenvalue weighted by Gasteiger charge is -2.26. The monoisotopic (exact) mass is 423 g/mol. The van der Waals surface area contributed by atoms with Crippen molar-refractivity contribution in [2.24, 2.45) is 0 Å². The maximum Gasteiger partial charge on any atom is 0.326 e. The lowest BCUT2D eigenvalue weighted by atomic mass is 9.90. The first kappa shape index (κ1) is 19.2. The quantitative estimate of drug-likeness (QED) is 0.712. The second-order valence-electron chi connectivity index (χ2n) is 7.18. The SMILES string of the molecule is CN(CCOc1ccc(Br)cc1)CN1C(=O)NC2(CCCCCC2)C1=O. The molecule has 1 saturated heterocycles. The molecule has 6 nitrogen and oxygen atoms in total. The van der Waals surface area contributed by atoms with Gasteiger partial charge in [0.1, 0.15) is 17.9 Å². The Morgan fingerprint density at radius 1 is 1.15 bits per heavy atom. The van der Waals surface area contributed by atoms with Crippen LogP contribution in [0, 0.1) is 0 Å². The van der Waals surface area contributed by atoms with Gasteiger partial charge >= 0.3 is 6.03 Å². The molecule has 0 unspecified atom stereocenters. The molecule has 1 aromatic rings. The molecule has 1 N–H and O–H groups in total. The first-order valence-corrected chi connectivity index (χ1v) is 10.0. The third-order valence-corrected chi connectivity index (χ3v) is 5.67. The van der Waals surface area contributed by atoms with Crippen LogP contribution in [0.5, 0.6) is 5.75 Å². The highest BCUT2D eigenvalue weighted by Gasteiger charge is 2.50. The third kappa shape index (κ3) is 4.38. The van der Waals surface area contributed by atoms with E-state index in [9.17, 15) is 9.59 Å². The van der Waals surface area contributed by atoms with Crippen LogP contribution in [0.15, 0.2) is 28.7 Å². The summed E-state index contributed by atoms with van der Waals surface area (Å²) in [5.74, 6) is 0.735. The van der Waals surface area contributed by atoms with Crippen molar-refractivity contribution in [3.63, 3.8) is 0 Å². The maximum absolute atomic E-state index is 12.9. The highest BCUT2D eigenvalue weighted by Crippen LogP contribution is 2.32. The minimum atomic E-state index is -0.664. The van der Waals surface area contributed by atoms with Gasteiger partial charge in [-0.1, -0.05) is 41.6 Å². The van der Waals surface area contributed by atoms with Crippen molar-refractivity contribution in [2.75, 3.05) is 26.9 Å². The fraction of sp³-hybridized carbons (Fsp3) is 0.579. The van der Waals surface area contributed by atoms with E-state index >= 15 is 0 Å². The molecule has 0 atom stereocenters. The molecule has 0 bridgehead atoms. The van der Waals surface area contributed by atoms with Gasteiger partial charge in [-0.3, -0.25) is 9.69 Å². The molecule has 142 valence electrons. The van der Waals surface area contributed by atoms with Crippen LogP contribution >= 0.6 is 15.9 Å². The van der Waals surface area contributed by atoms with Crippen molar-refractivity contribution in [1.82, 2.24) is 15.1 Å². The van der Waals surface area contributed by atoms with Gasteiger partial charge in [-0.05, 0) is 44.2 Å². The molecule has 1 saturated carbocycles. The number of hydrogen-bond acceptors (Lipinski definition) is 4. The molecule has 2 fully saturated rings. The van der Waals surface area contributed by atoms with E-state index in [-0.39, 0.29) is 18.6 Å². The third-order valence-electron chi connectivity index (χ3n) is 5.14. The fourth-order valence-electron chi connectivity index (χ4n) is 3.64. The summed E-state index contributed by atoms with van der Waals surface area (Å²) in [4.78, 5) is 28.5. The normalized spacial score (nSPS) is 19.7. The molecule has 1 spiro atoms. The predicted octanol–water partition coefficient (Wildman–Crippen LogP) is 3.36. The molecule has 7 heteroatoms. The summed E-state index contributed by atoms with van der Waals surface area (Å²) in [5.41, 5.74) is -0.664. The maximum atomic E-state index is 12.9. The summed E-state index contributed by atoms with van der Waals surface area (Å²) in [6.07, 6.45) is 5.78. The number of imide groups is 1. The predicted molar refractivity (Wildman–Crippen MR) is 103 cm³/mol. The molecule has 26 heavy (non-hydrogen) atoms. The van der Waals surface area contributed by atoms with Crippen LogP contribution < -0.4 is 10.1 Å². The molecular formula is C19H26BrN3O3. The molecule has 0 aromatic heterocycles. The molecule has 1 aliphatic heterocycles. The van der Waals surface area contributed by atoms with E-state index < -0.39 is 5.54 Å². The lowest BCUT2D eigenvalue weighted by Crippen LogP contribution is -2.47. The van der Waals surface area contributed by atoms with E-state index in [2.05, 4.69) is 21.2 Å². The molecule has 1 aromatic carbocycles. The largest absolute Gasteiger partial charge is 0.492 e. The molecule has 3 amide bonds. The summed E-state index contributed by atoms with van der Waals surface area (Å²) < 4.78 is 6.72. The zero-order chi connectivity index (χ0) is 18.6. The van der Waals surface area contributed by atoms with Crippen molar-refractivity contribution in [3.8, 4) is 5.75 Å². The van der Waals surface area contributed by atoms with Crippen LogP contribution in [0.1, 0.15) is 38.5 Å². The molecular weight excluding hydrogens is 398 g/mol. The van der Waals surface area contributed by atoms with Gasteiger partial charge in [0.25, 0.3) is 5.91 Å². The second-order valence-corrected chi connectivity index (χ2v) is 8.10. The number of amides is 3. The Morgan fingerprint density at radius 3 is 2.46 bits per heavy atom. The van der Waals surface area contributed by atoms with E-state index in [0.29, 0.717) is 13.2 Å². The van der Waals surface area contributed by atoms with Gasteiger partial charge in [-0.2, -0.15) is 0 Å². The Kier molecular flexibility index (Phi) is 6.19. The number of urea groups is 1. The van der Waals surface area contributed by atoms with Crippen molar-refractivity contribution in [2.45, 2.75) is 44.1 Å². The van der Waals surface area contributed by atoms with Crippen LogP contribution in [-0.4, -0.2) is 54.1 Å². The summed E-state index contributed by atoms with van der Waals surface area (Å²) in [6, 6.07) is 7.39. The van der Waals surface area contributed by atoms with Crippen molar-refractivity contribution < 1.29 is 14.3 Å². The average Bonchev–Trinajstić information content (AvgIpc) is 2.79. The summed E-state index contributed by atoms with van der Waals surface area (Å²) in [5, 5.41) is 2.98. The molecule has 1 heterocycles. The van der Waals surface area contributed by atoms with Crippen LogP contribution in [0.4, 0.5) is 4.79 Å². The van der Waals surface area contributed by atoms with Gasteiger partial charge in [0.15, 0.2) is 0 Å². The number of benzene rings is 1. The highest BCUT2D eigenvalue weighted by atomic mass is 79.9.